The van der Waals surface area contributed by atoms with Crippen LogP contribution in [-0.2, 0) is 21.1 Å². The third kappa shape index (κ3) is 2.79. The molecule has 0 aliphatic heterocycles. The van der Waals surface area contributed by atoms with E-state index < -0.39 is 0 Å². The summed E-state index contributed by atoms with van der Waals surface area (Å²) in [6.07, 6.45) is 2.18. The Bertz CT molecular complexity index is 196. The fourth-order valence-electron chi connectivity index (χ4n) is 0.523. The number of rotatable bonds is 1. The second kappa shape index (κ2) is 5.19. The fourth-order valence-corrected chi connectivity index (χ4v) is 0.523. The fraction of sp³-hybridized carbons (Fsp3) is 0. The van der Waals surface area contributed by atoms with Crippen LogP contribution in [0.25, 0.3) is 0 Å². The Balaban J connectivity index is 0.000000810. The molecule has 0 fully saturated rings. The summed E-state index contributed by atoms with van der Waals surface area (Å²) < 4.78 is 0. The van der Waals surface area contributed by atoms with Gasteiger partial charge in [-0.2, -0.15) is 18.2 Å². The van der Waals surface area contributed by atoms with Crippen molar-refractivity contribution in [2.24, 2.45) is 10.7 Å². The normalized spacial score (nSPS) is 9.20. The van der Waals surface area contributed by atoms with Crippen molar-refractivity contribution in [1.29, 1.82) is 0 Å². The summed E-state index contributed by atoms with van der Waals surface area (Å²) >= 11 is 0. The summed E-state index contributed by atoms with van der Waals surface area (Å²) in [5.74, 6) is 0. The molecule has 0 aromatic heterocycles. The van der Waals surface area contributed by atoms with E-state index in [2.05, 4.69) is 17.4 Å². The molecule has 1 aromatic carbocycles. The predicted molar refractivity (Wildman–Crippen MR) is 36.6 cm³/mol. The first-order valence-electron chi connectivity index (χ1n) is 2.56. The van der Waals surface area contributed by atoms with E-state index in [1.165, 1.54) is 0 Å². The summed E-state index contributed by atoms with van der Waals surface area (Å²) in [7, 11) is 0. The van der Waals surface area contributed by atoms with Gasteiger partial charge in [-0.05, 0) is 0 Å². The second-order valence-electron chi connectivity index (χ2n) is 1.49. The van der Waals surface area contributed by atoms with Crippen molar-refractivity contribution in [1.82, 2.24) is 0 Å². The van der Waals surface area contributed by atoms with E-state index in [0.29, 0.717) is 5.69 Å². The molecule has 0 saturated heterocycles. The van der Waals surface area contributed by atoms with Crippen LogP contribution in [0.3, 0.4) is 0 Å². The Labute approximate surface area is 74.4 Å². The topological polar surface area (TPSA) is 38.4 Å². The number of nitrogens with zero attached hydrogens (tertiary/aromatic N) is 1. The zero-order valence-corrected chi connectivity index (χ0v) is 8.18. The van der Waals surface area contributed by atoms with E-state index in [0.717, 1.165) is 0 Å². The van der Waals surface area contributed by atoms with Gasteiger partial charge in [-0.15, -0.1) is 0 Å². The number of aliphatic imine (C=N–C) groups is 1. The third-order valence-electron chi connectivity index (χ3n) is 0.878. The first-order valence-corrected chi connectivity index (χ1v) is 2.56. The Hall–Kier alpha value is -0.622. The quantitative estimate of drug-likeness (QED) is 0.357. The zero-order valence-electron chi connectivity index (χ0n) is 5.24. The molecule has 0 saturated carbocycles. The molecule has 0 amide bonds. The molecule has 2 N–H and O–H groups in total. The molecule has 0 radical (unpaired) electrons. The molecule has 10 heavy (non-hydrogen) atoms. The van der Waals surface area contributed by atoms with E-state index in [4.69, 9.17) is 5.73 Å². The van der Waals surface area contributed by atoms with Gasteiger partial charge in [-0.3, -0.25) is 6.07 Å². The van der Waals surface area contributed by atoms with Gasteiger partial charge in [-0.25, -0.2) is 11.8 Å². The summed E-state index contributed by atoms with van der Waals surface area (Å²) in [5, 5.41) is 0. The molecule has 3 heteroatoms. The van der Waals surface area contributed by atoms with Gasteiger partial charge in [0, 0.05) is 0 Å². The molecule has 0 atom stereocenters. The van der Waals surface area contributed by atoms with Crippen LogP contribution < -0.4 is 5.73 Å². The van der Waals surface area contributed by atoms with Crippen molar-refractivity contribution in [2.45, 2.75) is 0 Å². The van der Waals surface area contributed by atoms with E-state index in [1.54, 1.807) is 12.1 Å². The van der Waals surface area contributed by atoms with Crippen molar-refractivity contribution in [3.05, 3.63) is 30.3 Å². The zero-order chi connectivity index (χ0) is 6.53. The standard InChI is InChI=1S/C7H6N2.W/c8-6-9-7-4-2-1-3-5-7;/h1-4H,(H2,8,9);/q-2;+2. The molecule has 50 valence electrons. The summed E-state index contributed by atoms with van der Waals surface area (Å²) in [4.78, 5) is 3.68. The summed E-state index contributed by atoms with van der Waals surface area (Å²) in [5.41, 5.74) is 5.63. The van der Waals surface area contributed by atoms with Crippen molar-refractivity contribution < 1.29 is 21.1 Å². The Kier molecular flexibility index (Phi) is 4.86. The van der Waals surface area contributed by atoms with E-state index in [-0.39, 0.29) is 21.1 Å². The third-order valence-corrected chi connectivity index (χ3v) is 0.878. The van der Waals surface area contributed by atoms with Gasteiger partial charge >= 0.3 is 21.1 Å². The number of benzene rings is 1. The number of nitrogens with two attached hydrogens (primary N) is 1. The van der Waals surface area contributed by atoms with Crippen LogP contribution in [0.5, 0.6) is 0 Å². The van der Waals surface area contributed by atoms with Crippen LogP contribution in [0.15, 0.2) is 29.3 Å². The van der Waals surface area contributed by atoms with Crippen molar-refractivity contribution in [2.75, 3.05) is 0 Å². The first kappa shape index (κ1) is 9.38. The summed E-state index contributed by atoms with van der Waals surface area (Å²) in [6, 6.07) is 10.2. The molecule has 2 nitrogen and oxygen atoms in total. The number of para-hydroxylation sites is 1. The van der Waals surface area contributed by atoms with Gasteiger partial charge < -0.3 is 10.7 Å². The molecule has 0 aliphatic rings. The van der Waals surface area contributed by atoms with Crippen LogP contribution in [0, 0.1) is 6.07 Å². The van der Waals surface area contributed by atoms with Gasteiger partial charge in [0.15, 0.2) is 0 Å². The minimum absolute atomic E-state index is 0. The minimum Gasteiger partial charge on any atom is -0.473 e. The van der Waals surface area contributed by atoms with Crippen LogP contribution in [0.4, 0.5) is 5.69 Å². The van der Waals surface area contributed by atoms with Crippen LogP contribution >= 0.6 is 0 Å². The van der Waals surface area contributed by atoms with Crippen LogP contribution in [0.1, 0.15) is 0 Å². The van der Waals surface area contributed by atoms with E-state index in [1.807, 2.05) is 12.1 Å². The molecule has 0 bridgehead atoms. The van der Waals surface area contributed by atoms with Crippen molar-refractivity contribution in [3.8, 4) is 0 Å². The average molecular weight is 302 g/mol. The van der Waals surface area contributed by atoms with Gasteiger partial charge in [0.2, 0.25) is 0 Å². The molecule has 1 aromatic rings. The van der Waals surface area contributed by atoms with Crippen LogP contribution in [-0.4, -0.2) is 6.34 Å². The first-order chi connectivity index (χ1) is 4.43. The maximum absolute atomic E-state index is 4.92. The molecular weight excluding hydrogens is 296 g/mol. The maximum Gasteiger partial charge on any atom is 2.00 e. The number of hydrogen-bond donors (Lipinski definition) is 1. The average Bonchev–Trinajstić information content (AvgIpc) is 1.91. The molecule has 0 unspecified atom stereocenters. The van der Waals surface area contributed by atoms with Crippen molar-refractivity contribution >= 4 is 12.0 Å². The van der Waals surface area contributed by atoms with Gasteiger partial charge in [0.1, 0.15) is 0 Å². The monoisotopic (exact) mass is 302 g/mol. The van der Waals surface area contributed by atoms with Crippen molar-refractivity contribution in [3.63, 3.8) is 0 Å². The summed E-state index contributed by atoms with van der Waals surface area (Å²) in [6.45, 7) is 0. The Morgan fingerprint density at radius 1 is 1.50 bits per heavy atom. The van der Waals surface area contributed by atoms with Gasteiger partial charge in [0.25, 0.3) is 0 Å². The molecule has 1 rings (SSSR count). The number of hydrogen-bond acceptors (Lipinski definition) is 1. The Morgan fingerprint density at radius 3 is 2.80 bits per heavy atom. The van der Waals surface area contributed by atoms with Gasteiger partial charge in [0.05, 0.1) is 0 Å². The van der Waals surface area contributed by atoms with Crippen LogP contribution in [0.2, 0.25) is 0 Å². The molecule has 0 aliphatic carbocycles. The van der Waals surface area contributed by atoms with E-state index >= 15 is 0 Å². The van der Waals surface area contributed by atoms with E-state index in [9.17, 15) is 0 Å². The molecule has 0 spiro atoms. The minimum atomic E-state index is 0. The smallest absolute Gasteiger partial charge is 0.473 e. The van der Waals surface area contributed by atoms with Gasteiger partial charge in [-0.1, -0.05) is 6.34 Å². The predicted octanol–water partition coefficient (Wildman–Crippen LogP) is 0.980. The molecule has 0 heterocycles. The Morgan fingerprint density at radius 2 is 2.30 bits per heavy atom. The maximum atomic E-state index is 4.92. The second-order valence-corrected chi connectivity index (χ2v) is 1.49. The molecular formula is C7H6N2W. The SMILES string of the molecule is N[C-]=Nc1[c-]cccc1.[W+2]. The largest absolute Gasteiger partial charge is 2.00 e.